The first-order valence-corrected chi connectivity index (χ1v) is 8.87. The summed E-state index contributed by atoms with van der Waals surface area (Å²) in [5, 5.41) is 6.61. The van der Waals surface area contributed by atoms with Crippen molar-refractivity contribution in [2.24, 2.45) is 0 Å². The first-order valence-electron chi connectivity index (χ1n) is 6.82. The summed E-state index contributed by atoms with van der Waals surface area (Å²) in [6, 6.07) is 8.87. The van der Waals surface area contributed by atoms with Crippen molar-refractivity contribution in [3.05, 3.63) is 55.1 Å². The van der Waals surface area contributed by atoms with Crippen LogP contribution in [0.5, 0.6) is 0 Å². The maximum Gasteiger partial charge on any atom is 0.0435 e. The Balaban J connectivity index is 2.19. The lowest BCUT2D eigenvalue weighted by atomic mass is 10.0. The third-order valence-electron chi connectivity index (χ3n) is 3.25. The molecule has 1 nitrogen and oxygen atoms in total. The Hall–Kier alpha value is -0.350. The largest absolute Gasteiger partial charge is 0.310 e. The van der Waals surface area contributed by atoms with Crippen LogP contribution in [0.4, 0.5) is 0 Å². The molecule has 2 aromatic rings. The van der Waals surface area contributed by atoms with E-state index in [2.05, 4.69) is 58.7 Å². The SMILES string of the molecule is CCCNC(Cc1cc(Br)cs1)c1ccc(Cl)c(C)c1. The Morgan fingerprint density at radius 3 is 2.75 bits per heavy atom. The predicted octanol–water partition coefficient (Wildman–Crippen LogP) is 5.76. The van der Waals surface area contributed by atoms with E-state index in [1.165, 1.54) is 14.9 Å². The lowest BCUT2D eigenvalue weighted by Crippen LogP contribution is -2.23. The van der Waals surface area contributed by atoms with E-state index >= 15 is 0 Å². The van der Waals surface area contributed by atoms with Gasteiger partial charge in [0.2, 0.25) is 0 Å². The van der Waals surface area contributed by atoms with Gasteiger partial charge in [0, 0.05) is 32.2 Å². The van der Waals surface area contributed by atoms with E-state index in [1.807, 2.05) is 6.07 Å². The maximum atomic E-state index is 6.13. The number of hydrogen-bond acceptors (Lipinski definition) is 2. The fraction of sp³-hybridized carbons (Fsp3) is 0.375. The number of benzene rings is 1. The lowest BCUT2D eigenvalue weighted by Gasteiger charge is -2.19. The zero-order valence-electron chi connectivity index (χ0n) is 11.7. The van der Waals surface area contributed by atoms with Gasteiger partial charge in [-0.3, -0.25) is 0 Å². The average molecular weight is 373 g/mol. The van der Waals surface area contributed by atoms with E-state index in [1.54, 1.807) is 11.3 Å². The Morgan fingerprint density at radius 2 is 2.15 bits per heavy atom. The van der Waals surface area contributed by atoms with Crippen molar-refractivity contribution in [1.82, 2.24) is 5.32 Å². The third-order valence-corrected chi connectivity index (χ3v) is 5.40. The second-order valence-corrected chi connectivity index (χ2v) is 7.27. The molecular weight excluding hydrogens is 354 g/mol. The van der Waals surface area contributed by atoms with Gasteiger partial charge in [0.25, 0.3) is 0 Å². The maximum absolute atomic E-state index is 6.13. The van der Waals surface area contributed by atoms with Gasteiger partial charge in [-0.25, -0.2) is 0 Å². The Bertz CT molecular complexity index is 567. The third kappa shape index (κ3) is 4.32. The molecule has 1 unspecified atom stereocenters. The van der Waals surface area contributed by atoms with E-state index in [0.717, 1.165) is 30.0 Å². The van der Waals surface area contributed by atoms with Crippen LogP contribution in [0.1, 0.15) is 35.4 Å². The molecule has 108 valence electrons. The van der Waals surface area contributed by atoms with Gasteiger partial charge in [-0.15, -0.1) is 11.3 Å². The number of thiophene rings is 1. The molecule has 1 aromatic carbocycles. The summed E-state index contributed by atoms with van der Waals surface area (Å²) in [5.41, 5.74) is 2.45. The average Bonchev–Trinajstić information content (AvgIpc) is 2.83. The summed E-state index contributed by atoms with van der Waals surface area (Å²) in [7, 11) is 0. The van der Waals surface area contributed by atoms with Crippen LogP contribution in [0.25, 0.3) is 0 Å². The molecule has 1 atom stereocenters. The topological polar surface area (TPSA) is 12.0 Å². The van der Waals surface area contributed by atoms with Crippen LogP contribution >= 0.6 is 38.9 Å². The minimum Gasteiger partial charge on any atom is -0.310 e. The van der Waals surface area contributed by atoms with Gasteiger partial charge >= 0.3 is 0 Å². The monoisotopic (exact) mass is 371 g/mol. The van der Waals surface area contributed by atoms with E-state index in [4.69, 9.17) is 11.6 Å². The summed E-state index contributed by atoms with van der Waals surface area (Å²) in [6.45, 7) is 5.28. The summed E-state index contributed by atoms with van der Waals surface area (Å²) in [6.07, 6.45) is 2.15. The van der Waals surface area contributed by atoms with Crippen molar-refractivity contribution in [3.8, 4) is 0 Å². The van der Waals surface area contributed by atoms with Crippen molar-refractivity contribution in [3.63, 3.8) is 0 Å². The number of aryl methyl sites for hydroxylation is 1. The second-order valence-electron chi connectivity index (χ2n) is 4.95. The van der Waals surface area contributed by atoms with Gasteiger partial charge in [-0.05, 0) is 59.1 Å². The fourth-order valence-corrected chi connectivity index (χ4v) is 3.79. The predicted molar refractivity (Wildman–Crippen MR) is 92.9 cm³/mol. The molecule has 0 saturated carbocycles. The smallest absolute Gasteiger partial charge is 0.0435 e. The van der Waals surface area contributed by atoms with Crippen molar-refractivity contribution in [2.75, 3.05) is 6.54 Å². The number of rotatable bonds is 6. The summed E-state index contributed by atoms with van der Waals surface area (Å²) >= 11 is 11.5. The highest BCUT2D eigenvalue weighted by Gasteiger charge is 2.13. The van der Waals surface area contributed by atoms with Gasteiger partial charge in [0.15, 0.2) is 0 Å². The number of halogens is 2. The molecule has 0 saturated heterocycles. The van der Waals surface area contributed by atoms with Crippen molar-refractivity contribution in [2.45, 2.75) is 32.7 Å². The van der Waals surface area contributed by atoms with Gasteiger partial charge in [-0.2, -0.15) is 0 Å². The van der Waals surface area contributed by atoms with Crippen molar-refractivity contribution in [1.29, 1.82) is 0 Å². The summed E-state index contributed by atoms with van der Waals surface area (Å²) in [4.78, 5) is 1.39. The zero-order chi connectivity index (χ0) is 14.5. The van der Waals surface area contributed by atoms with Crippen LogP contribution in [0.3, 0.4) is 0 Å². The molecule has 2 rings (SSSR count). The van der Waals surface area contributed by atoms with Crippen LogP contribution in [0.15, 0.2) is 34.1 Å². The first-order chi connectivity index (χ1) is 9.60. The molecule has 0 aliphatic carbocycles. The zero-order valence-corrected chi connectivity index (χ0v) is 14.9. The van der Waals surface area contributed by atoms with E-state index in [9.17, 15) is 0 Å². The second kappa shape index (κ2) is 7.60. The van der Waals surface area contributed by atoms with Crippen molar-refractivity contribution >= 4 is 38.9 Å². The molecule has 0 amide bonds. The van der Waals surface area contributed by atoms with Crippen LogP contribution in [0.2, 0.25) is 5.02 Å². The molecule has 0 spiro atoms. The van der Waals surface area contributed by atoms with Gasteiger partial charge < -0.3 is 5.32 Å². The quantitative estimate of drug-likeness (QED) is 0.680. The van der Waals surface area contributed by atoms with E-state index in [-0.39, 0.29) is 0 Å². The molecule has 1 N–H and O–H groups in total. The Labute approximate surface area is 138 Å². The lowest BCUT2D eigenvalue weighted by molar-refractivity contribution is 0.532. The molecule has 0 fully saturated rings. The molecule has 4 heteroatoms. The summed E-state index contributed by atoms with van der Waals surface area (Å²) < 4.78 is 1.17. The normalized spacial score (nSPS) is 12.6. The van der Waals surface area contributed by atoms with Crippen molar-refractivity contribution < 1.29 is 0 Å². The van der Waals surface area contributed by atoms with Crippen LogP contribution < -0.4 is 5.32 Å². The fourth-order valence-electron chi connectivity index (χ4n) is 2.17. The highest BCUT2D eigenvalue weighted by atomic mass is 79.9. The summed E-state index contributed by atoms with van der Waals surface area (Å²) in [5.74, 6) is 0. The van der Waals surface area contributed by atoms with Crippen LogP contribution in [-0.2, 0) is 6.42 Å². The Morgan fingerprint density at radius 1 is 1.35 bits per heavy atom. The number of nitrogens with one attached hydrogen (secondary N) is 1. The Kier molecular flexibility index (Phi) is 6.09. The standard InChI is InChI=1S/C16H19BrClNS/c1-3-6-19-16(9-14-8-13(17)10-20-14)12-4-5-15(18)11(2)7-12/h4-5,7-8,10,16,19H,3,6,9H2,1-2H3. The molecule has 0 radical (unpaired) electrons. The molecule has 1 aromatic heterocycles. The van der Waals surface area contributed by atoms with Crippen LogP contribution in [-0.4, -0.2) is 6.54 Å². The molecule has 1 heterocycles. The van der Waals surface area contributed by atoms with Gasteiger partial charge in [-0.1, -0.05) is 30.7 Å². The molecule has 20 heavy (non-hydrogen) atoms. The molecule has 0 aliphatic rings. The highest BCUT2D eigenvalue weighted by Crippen LogP contribution is 2.27. The minimum absolute atomic E-state index is 0.344. The van der Waals surface area contributed by atoms with Gasteiger partial charge in [0.05, 0.1) is 0 Å². The highest BCUT2D eigenvalue weighted by molar-refractivity contribution is 9.10. The molecule has 0 aliphatic heterocycles. The van der Waals surface area contributed by atoms with Crippen LogP contribution in [0, 0.1) is 6.92 Å². The minimum atomic E-state index is 0.344. The van der Waals surface area contributed by atoms with E-state index in [0.29, 0.717) is 6.04 Å². The first kappa shape index (κ1) is 16.0. The molecule has 0 bridgehead atoms. The number of hydrogen-bond donors (Lipinski definition) is 1. The molecular formula is C16H19BrClNS. The van der Waals surface area contributed by atoms with Gasteiger partial charge in [0.1, 0.15) is 0 Å². The van der Waals surface area contributed by atoms with E-state index < -0.39 is 0 Å².